The predicted molar refractivity (Wildman–Crippen MR) is 50.1 cm³/mol. The summed E-state index contributed by atoms with van der Waals surface area (Å²) in [7, 11) is -5.34. The first-order valence-electron chi connectivity index (χ1n) is 3.57. The highest BCUT2D eigenvalue weighted by molar-refractivity contribution is 7.89. The summed E-state index contributed by atoms with van der Waals surface area (Å²) in [6.07, 6.45) is 0.972. The summed E-state index contributed by atoms with van der Waals surface area (Å²) in [5, 5.41) is 0. The third-order valence-corrected chi connectivity index (χ3v) is 3.85. The molecule has 0 aliphatic heterocycles. The number of nitrogens with zero attached hydrogens (tertiary/aromatic N) is 1. The van der Waals surface area contributed by atoms with E-state index >= 15 is 0 Å². The van der Waals surface area contributed by atoms with Gasteiger partial charge in [0, 0.05) is 7.05 Å². The number of sulfonamides is 2. The van der Waals surface area contributed by atoms with E-state index < -0.39 is 20.0 Å². The quantitative estimate of drug-likeness (QED) is 0.600. The molecule has 13 heavy (non-hydrogen) atoms. The normalized spacial score (nSPS) is 13.5. The van der Waals surface area contributed by atoms with Gasteiger partial charge in [-0.3, -0.25) is 0 Å². The number of rotatable bonds is 5. The van der Waals surface area contributed by atoms with E-state index in [0.29, 0.717) is 0 Å². The van der Waals surface area contributed by atoms with E-state index in [0.717, 1.165) is 10.6 Å². The Hall–Kier alpha value is -0.180. The third kappa shape index (κ3) is 5.19. The molecule has 0 aromatic carbocycles. The van der Waals surface area contributed by atoms with Crippen LogP contribution in [0.1, 0.15) is 6.92 Å². The lowest BCUT2D eigenvalue weighted by Crippen LogP contribution is -2.38. The molecule has 1 N–H and O–H groups in total. The minimum atomic E-state index is -3.34. The Balaban J connectivity index is 4.27. The molecule has 0 atom stereocenters. The maximum absolute atomic E-state index is 11.1. The van der Waals surface area contributed by atoms with Crippen LogP contribution >= 0.6 is 0 Å². The highest BCUT2D eigenvalue weighted by atomic mass is 32.2. The second kappa shape index (κ2) is 4.36. The van der Waals surface area contributed by atoms with Crippen LogP contribution in [0.3, 0.4) is 0 Å². The van der Waals surface area contributed by atoms with Crippen LogP contribution in [0.15, 0.2) is 0 Å². The van der Waals surface area contributed by atoms with Crippen LogP contribution in [-0.2, 0) is 20.0 Å². The van der Waals surface area contributed by atoms with Crippen molar-refractivity contribution in [2.75, 3.05) is 25.7 Å². The van der Waals surface area contributed by atoms with Gasteiger partial charge in [0.05, 0.1) is 18.7 Å². The Labute approximate surface area is 79.0 Å². The third-order valence-electron chi connectivity index (χ3n) is 1.39. The fraction of sp³-hybridized carbons (Fsp3) is 1.00. The molecule has 8 heteroatoms. The van der Waals surface area contributed by atoms with Crippen LogP contribution in [0.25, 0.3) is 0 Å². The van der Waals surface area contributed by atoms with E-state index in [9.17, 15) is 16.8 Å². The van der Waals surface area contributed by atoms with E-state index in [1.165, 1.54) is 14.0 Å². The second-order valence-electron chi connectivity index (χ2n) is 2.57. The van der Waals surface area contributed by atoms with E-state index in [-0.39, 0.29) is 12.4 Å². The average molecular weight is 230 g/mol. The van der Waals surface area contributed by atoms with Crippen molar-refractivity contribution in [3.05, 3.63) is 0 Å². The van der Waals surface area contributed by atoms with Gasteiger partial charge in [0.2, 0.25) is 20.0 Å². The molecule has 6 nitrogen and oxygen atoms in total. The first-order chi connectivity index (χ1) is 5.69. The van der Waals surface area contributed by atoms with Crippen LogP contribution in [0, 0.1) is 0 Å². The molecule has 0 aliphatic rings. The van der Waals surface area contributed by atoms with Crippen molar-refractivity contribution in [2.24, 2.45) is 0 Å². The fourth-order valence-corrected chi connectivity index (χ4v) is 1.74. The molecule has 0 amide bonds. The van der Waals surface area contributed by atoms with Gasteiger partial charge in [0.25, 0.3) is 0 Å². The van der Waals surface area contributed by atoms with Crippen molar-refractivity contribution < 1.29 is 16.8 Å². The van der Waals surface area contributed by atoms with E-state index in [1.807, 2.05) is 0 Å². The summed E-state index contributed by atoms with van der Waals surface area (Å²) in [6, 6.07) is 0. The Bertz CT molecular complexity index is 345. The molecule has 80 valence electrons. The van der Waals surface area contributed by atoms with Gasteiger partial charge in [0.1, 0.15) is 0 Å². The summed E-state index contributed by atoms with van der Waals surface area (Å²) < 4.78 is 46.5. The lowest BCUT2D eigenvalue weighted by atomic mass is 11.0. The van der Waals surface area contributed by atoms with Gasteiger partial charge in [-0.25, -0.2) is 21.6 Å². The highest BCUT2D eigenvalue weighted by Crippen LogP contribution is 1.95. The first kappa shape index (κ1) is 12.8. The zero-order valence-electron chi connectivity index (χ0n) is 7.81. The van der Waals surface area contributed by atoms with Crippen LogP contribution in [-0.4, -0.2) is 46.9 Å². The molecule has 0 bridgehead atoms. The largest absolute Gasteiger partial charge is 0.214 e. The maximum Gasteiger partial charge on any atom is 0.214 e. The van der Waals surface area contributed by atoms with Crippen LogP contribution in [0.4, 0.5) is 0 Å². The molecule has 0 spiro atoms. The first-order valence-corrected chi connectivity index (χ1v) is 7.07. The van der Waals surface area contributed by atoms with Gasteiger partial charge in [-0.1, -0.05) is 0 Å². The minimum absolute atomic E-state index is 0.0467. The SMILES string of the molecule is CCS(=O)(=O)N(C)CNS(C)(=O)=O. The Morgan fingerprint density at radius 1 is 1.23 bits per heavy atom. The molecule has 0 fully saturated rings. The Morgan fingerprint density at radius 3 is 2.00 bits per heavy atom. The Morgan fingerprint density at radius 2 is 1.69 bits per heavy atom. The monoisotopic (exact) mass is 230 g/mol. The van der Waals surface area contributed by atoms with Crippen LogP contribution in [0.2, 0.25) is 0 Å². The van der Waals surface area contributed by atoms with E-state index in [1.54, 1.807) is 0 Å². The molecule has 0 radical (unpaired) electrons. The van der Waals surface area contributed by atoms with Crippen molar-refractivity contribution in [2.45, 2.75) is 6.92 Å². The molecule has 0 saturated carbocycles. The van der Waals surface area contributed by atoms with Gasteiger partial charge in [-0.2, -0.15) is 4.31 Å². The zero-order chi connectivity index (χ0) is 10.7. The lowest BCUT2D eigenvalue weighted by Gasteiger charge is -2.15. The molecule has 0 saturated heterocycles. The maximum atomic E-state index is 11.1. The van der Waals surface area contributed by atoms with Gasteiger partial charge in [-0.15, -0.1) is 0 Å². The van der Waals surface area contributed by atoms with E-state index in [4.69, 9.17) is 0 Å². The van der Waals surface area contributed by atoms with Crippen LogP contribution in [0.5, 0.6) is 0 Å². The lowest BCUT2D eigenvalue weighted by molar-refractivity contribution is 0.462. The minimum Gasteiger partial charge on any atom is -0.213 e. The van der Waals surface area contributed by atoms with Crippen molar-refractivity contribution >= 4 is 20.0 Å². The molecular formula is C5H14N2O4S2. The van der Waals surface area contributed by atoms with Crippen molar-refractivity contribution in [3.8, 4) is 0 Å². The number of nitrogens with one attached hydrogen (secondary N) is 1. The summed E-state index contributed by atoms with van der Waals surface area (Å²) in [5.74, 6) is -0.0467. The number of hydrogen-bond acceptors (Lipinski definition) is 4. The topological polar surface area (TPSA) is 83.6 Å². The molecule has 0 aromatic rings. The smallest absolute Gasteiger partial charge is 0.213 e. The van der Waals surface area contributed by atoms with Crippen LogP contribution < -0.4 is 4.72 Å². The van der Waals surface area contributed by atoms with E-state index in [2.05, 4.69) is 4.72 Å². The standard InChI is InChI=1S/C5H14N2O4S2/c1-4-13(10,11)7(2)5-6-12(3,8)9/h6H,4-5H2,1-3H3. The van der Waals surface area contributed by atoms with Crippen molar-refractivity contribution in [3.63, 3.8) is 0 Å². The predicted octanol–water partition coefficient (Wildman–Crippen LogP) is -1.23. The Kier molecular flexibility index (Phi) is 4.30. The highest BCUT2D eigenvalue weighted by Gasteiger charge is 2.15. The van der Waals surface area contributed by atoms with Gasteiger partial charge >= 0.3 is 0 Å². The molecular weight excluding hydrogens is 216 g/mol. The molecule has 0 rings (SSSR count). The second-order valence-corrected chi connectivity index (χ2v) is 6.77. The van der Waals surface area contributed by atoms with Crippen molar-refractivity contribution in [1.29, 1.82) is 0 Å². The number of hydrogen-bond donors (Lipinski definition) is 1. The van der Waals surface area contributed by atoms with Gasteiger partial charge < -0.3 is 0 Å². The summed E-state index contributed by atoms with van der Waals surface area (Å²) >= 11 is 0. The van der Waals surface area contributed by atoms with Gasteiger partial charge in [-0.05, 0) is 6.92 Å². The zero-order valence-corrected chi connectivity index (χ0v) is 9.44. The fourth-order valence-electron chi connectivity index (χ4n) is 0.527. The summed E-state index contributed by atoms with van der Waals surface area (Å²) in [5.41, 5.74) is 0. The van der Waals surface area contributed by atoms with Gasteiger partial charge in [0.15, 0.2) is 0 Å². The summed E-state index contributed by atoms with van der Waals surface area (Å²) in [4.78, 5) is 0. The molecule has 0 aromatic heterocycles. The van der Waals surface area contributed by atoms with Crippen molar-refractivity contribution in [1.82, 2.24) is 9.03 Å². The summed E-state index contributed by atoms with van der Waals surface area (Å²) in [6.45, 7) is 1.27. The molecule has 0 aliphatic carbocycles. The molecule has 0 unspecified atom stereocenters. The average Bonchev–Trinajstić information content (AvgIpc) is 1.98. The molecule has 0 heterocycles.